The summed E-state index contributed by atoms with van der Waals surface area (Å²) in [5.41, 5.74) is -0.455. The molecule has 0 saturated heterocycles. The second kappa shape index (κ2) is 4.62. The number of pyridine rings is 1. The summed E-state index contributed by atoms with van der Waals surface area (Å²) in [5.74, 6) is -1.72. The maximum atomic E-state index is 12.7. The Kier molecular flexibility index (Phi) is 3.24. The minimum absolute atomic E-state index is 0.343. The zero-order chi connectivity index (χ0) is 15.1. The minimum Gasteiger partial charge on any atom is -0.478 e. The van der Waals surface area contributed by atoms with Crippen LogP contribution < -0.4 is 0 Å². The molecular weight excluding hydrogens is 275 g/mol. The summed E-state index contributed by atoms with van der Waals surface area (Å²) in [6.45, 7) is 3.26. The third-order valence-corrected chi connectivity index (χ3v) is 2.61. The standard InChI is InChI=1S/C12H10F3N3O2/c1-6-5-7(2)18(17-6)10-8(11(19)20)3-4-9(16-10)12(13,14)15/h3-5H,1-2H3,(H,19,20). The van der Waals surface area contributed by atoms with E-state index in [4.69, 9.17) is 5.11 Å². The van der Waals surface area contributed by atoms with Gasteiger partial charge in [0.15, 0.2) is 5.82 Å². The highest BCUT2D eigenvalue weighted by molar-refractivity contribution is 5.91. The van der Waals surface area contributed by atoms with Crippen molar-refractivity contribution in [3.63, 3.8) is 0 Å². The van der Waals surface area contributed by atoms with Gasteiger partial charge in [0.25, 0.3) is 0 Å². The molecule has 0 spiro atoms. The number of carboxylic acid groups (broad SMARTS) is 1. The van der Waals surface area contributed by atoms with Crippen molar-refractivity contribution < 1.29 is 23.1 Å². The highest BCUT2D eigenvalue weighted by Crippen LogP contribution is 2.29. The first-order valence-electron chi connectivity index (χ1n) is 5.55. The number of aromatic nitrogens is 3. The molecule has 5 nitrogen and oxygen atoms in total. The van der Waals surface area contributed by atoms with Gasteiger partial charge in [0.05, 0.1) is 5.69 Å². The van der Waals surface area contributed by atoms with Gasteiger partial charge < -0.3 is 5.11 Å². The first-order valence-corrected chi connectivity index (χ1v) is 5.55. The summed E-state index contributed by atoms with van der Waals surface area (Å²) in [6, 6.07) is 3.14. The van der Waals surface area contributed by atoms with E-state index in [-0.39, 0.29) is 11.4 Å². The number of aromatic carboxylic acids is 1. The maximum Gasteiger partial charge on any atom is 0.433 e. The molecule has 0 fully saturated rings. The average Bonchev–Trinajstić information content (AvgIpc) is 2.66. The summed E-state index contributed by atoms with van der Waals surface area (Å²) in [5, 5.41) is 13.0. The SMILES string of the molecule is Cc1cc(C)n(-c2nc(C(F)(F)F)ccc2C(=O)O)n1. The van der Waals surface area contributed by atoms with Gasteiger partial charge in [-0.25, -0.2) is 14.5 Å². The predicted octanol–water partition coefficient (Wildman–Crippen LogP) is 2.60. The molecule has 0 aliphatic rings. The molecule has 0 aromatic carbocycles. The Labute approximate surface area is 111 Å². The highest BCUT2D eigenvalue weighted by Gasteiger charge is 2.34. The molecule has 2 rings (SSSR count). The molecule has 0 amide bonds. The van der Waals surface area contributed by atoms with Crippen LogP contribution in [0.5, 0.6) is 0 Å². The monoisotopic (exact) mass is 285 g/mol. The largest absolute Gasteiger partial charge is 0.478 e. The van der Waals surface area contributed by atoms with E-state index in [2.05, 4.69) is 10.1 Å². The summed E-state index contributed by atoms with van der Waals surface area (Å²) < 4.78 is 39.1. The fourth-order valence-corrected chi connectivity index (χ4v) is 1.78. The van der Waals surface area contributed by atoms with E-state index in [9.17, 15) is 18.0 Å². The molecule has 2 heterocycles. The van der Waals surface area contributed by atoms with Crippen LogP contribution in [-0.4, -0.2) is 25.8 Å². The van der Waals surface area contributed by atoms with Crippen LogP contribution in [0.1, 0.15) is 27.4 Å². The van der Waals surface area contributed by atoms with E-state index in [1.807, 2.05) is 0 Å². The van der Waals surface area contributed by atoms with Gasteiger partial charge in [-0.05, 0) is 32.0 Å². The van der Waals surface area contributed by atoms with E-state index in [0.717, 1.165) is 10.7 Å². The summed E-state index contributed by atoms with van der Waals surface area (Å²) in [6.07, 6.45) is -4.65. The van der Waals surface area contributed by atoms with E-state index < -0.39 is 17.8 Å². The lowest BCUT2D eigenvalue weighted by molar-refractivity contribution is -0.141. The molecular formula is C12H10F3N3O2. The molecule has 0 saturated carbocycles. The topological polar surface area (TPSA) is 68.0 Å². The number of carboxylic acids is 1. The molecule has 2 aromatic heterocycles. The van der Waals surface area contributed by atoms with Crippen molar-refractivity contribution in [2.75, 3.05) is 0 Å². The van der Waals surface area contributed by atoms with Crippen molar-refractivity contribution >= 4 is 5.97 Å². The van der Waals surface area contributed by atoms with Crippen LogP contribution in [0.25, 0.3) is 5.82 Å². The first-order chi connectivity index (χ1) is 9.20. The normalized spacial score (nSPS) is 11.7. The second-order valence-electron chi connectivity index (χ2n) is 4.21. The summed E-state index contributed by atoms with van der Waals surface area (Å²) >= 11 is 0. The molecule has 1 N–H and O–H groups in total. The van der Waals surface area contributed by atoms with Crippen LogP contribution in [0.3, 0.4) is 0 Å². The number of aryl methyl sites for hydroxylation is 2. The highest BCUT2D eigenvalue weighted by atomic mass is 19.4. The number of alkyl halides is 3. The van der Waals surface area contributed by atoms with Crippen molar-refractivity contribution in [2.45, 2.75) is 20.0 Å². The van der Waals surface area contributed by atoms with Gasteiger partial charge in [-0.2, -0.15) is 18.3 Å². The van der Waals surface area contributed by atoms with Crippen LogP contribution in [0, 0.1) is 13.8 Å². The molecule has 0 bridgehead atoms. The van der Waals surface area contributed by atoms with Crippen molar-refractivity contribution in [1.82, 2.24) is 14.8 Å². The Morgan fingerprint density at radius 1 is 1.30 bits per heavy atom. The smallest absolute Gasteiger partial charge is 0.433 e. The zero-order valence-corrected chi connectivity index (χ0v) is 10.6. The number of rotatable bonds is 2. The molecule has 0 aliphatic heterocycles. The average molecular weight is 285 g/mol. The number of nitrogens with zero attached hydrogens (tertiary/aromatic N) is 3. The van der Waals surface area contributed by atoms with Crippen molar-refractivity contribution in [3.8, 4) is 5.82 Å². The Morgan fingerprint density at radius 2 is 1.95 bits per heavy atom. The van der Waals surface area contributed by atoms with Gasteiger partial charge in [-0.3, -0.25) is 0 Å². The van der Waals surface area contributed by atoms with Crippen LogP contribution in [0.4, 0.5) is 13.2 Å². The molecule has 0 unspecified atom stereocenters. The number of hydrogen-bond acceptors (Lipinski definition) is 3. The van der Waals surface area contributed by atoms with Gasteiger partial charge in [-0.15, -0.1) is 0 Å². The molecule has 106 valence electrons. The predicted molar refractivity (Wildman–Crippen MR) is 62.8 cm³/mol. The molecule has 0 radical (unpaired) electrons. The lowest BCUT2D eigenvalue weighted by Crippen LogP contribution is -2.15. The van der Waals surface area contributed by atoms with Gasteiger partial charge in [-0.1, -0.05) is 0 Å². The third kappa shape index (κ3) is 2.49. The summed E-state index contributed by atoms with van der Waals surface area (Å²) in [7, 11) is 0. The van der Waals surface area contributed by atoms with Crippen LogP contribution in [-0.2, 0) is 6.18 Å². The zero-order valence-electron chi connectivity index (χ0n) is 10.6. The fraction of sp³-hybridized carbons (Fsp3) is 0.250. The van der Waals surface area contributed by atoms with E-state index >= 15 is 0 Å². The second-order valence-corrected chi connectivity index (χ2v) is 4.21. The van der Waals surface area contributed by atoms with Crippen molar-refractivity contribution in [3.05, 3.63) is 40.8 Å². The van der Waals surface area contributed by atoms with Gasteiger partial charge in [0, 0.05) is 5.69 Å². The molecule has 8 heteroatoms. The molecule has 2 aromatic rings. The van der Waals surface area contributed by atoms with E-state index in [0.29, 0.717) is 17.5 Å². The maximum absolute atomic E-state index is 12.7. The van der Waals surface area contributed by atoms with Crippen molar-refractivity contribution in [1.29, 1.82) is 0 Å². The summed E-state index contributed by atoms with van der Waals surface area (Å²) in [4.78, 5) is 14.5. The lowest BCUT2D eigenvalue weighted by Gasteiger charge is -2.11. The molecule has 20 heavy (non-hydrogen) atoms. The van der Waals surface area contributed by atoms with Crippen molar-refractivity contribution in [2.24, 2.45) is 0 Å². The molecule has 0 atom stereocenters. The van der Waals surface area contributed by atoms with Crippen LogP contribution in [0.2, 0.25) is 0 Å². The van der Waals surface area contributed by atoms with Gasteiger partial charge >= 0.3 is 12.1 Å². The van der Waals surface area contributed by atoms with Gasteiger partial charge in [0.2, 0.25) is 0 Å². The number of carbonyl (C=O) groups is 1. The van der Waals surface area contributed by atoms with E-state index in [1.54, 1.807) is 19.9 Å². The quantitative estimate of drug-likeness (QED) is 0.921. The lowest BCUT2D eigenvalue weighted by atomic mass is 10.2. The Bertz CT molecular complexity index is 677. The van der Waals surface area contributed by atoms with Gasteiger partial charge in [0.1, 0.15) is 11.3 Å². The van der Waals surface area contributed by atoms with Crippen LogP contribution in [0.15, 0.2) is 18.2 Å². The fourth-order valence-electron chi connectivity index (χ4n) is 1.78. The Hall–Kier alpha value is -2.38. The third-order valence-electron chi connectivity index (χ3n) is 2.61. The number of hydrogen-bond donors (Lipinski definition) is 1. The Morgan fingerprint density at radius 3 is 2.40 bits per heavy atom. The minimum atomic E-state index is -4.65. The Balaban J connectivity index is 2.71. The van der Waals surface area contributed by atoms with E-state index in [1.165, 1.54) is 0 Å². The number of halogens is 3. The first kappa shape index (κ1) is 14.0. The van der Waals surface area contributed by atoms with Crippen LogP contribution >= 0.6 is 0 Å². The molecule has 0 aliphatic carbocycles.